The number of sulfonamides is 1. The van der Waals surface area contributed by atoms with Crippen molar-refractivity contribution >= 4 is 32.3 Å². The molecule has 0 spiro atoms. The van der Waals surface area contributed by atoms with Gasteiger partial charge in [-0.3, -0.25) is 4.72 Å². The van der Waals surface area contributed by atoms with Gasteiger partial charge in [-0.1, -0.05) is 12.1 Å². The molecule has 0 radical (unpaired) electrons. The maximum atomic E-state index is 12.2. The minimum Gasteiger partial charge on any atom is -0.486 e. The minimum atomic E-state index is -3.40. The van der Waals surface area contributed by atoms with Gasteiger partial charge in [0.1, 0.15) is 18.6 Å². The van der Waals surface area contributed by atoms with Crippen LogP contribution in [0.4, 0.5) is 11.4 Å². The van der Waals surface area contributed by atoms with Crippen LogP contribution in [0.25, 0.3) is 22.2 Å². The summed E-state index contributed by atoms with van der Waals surface area (Å²) in [5, 5.41) is 0.474. The van der Waals surface area contributed by atoms with Crippen molar-refractivity contribution < 1.29 is 22.6 Å². The standard InChI is InChI=1S/C25H31N3O5S/c1-16(2)34(29,30)27-18-8-6-17(7-9-18)25-24(26)22-11-10-20(33-21-13-31-15-32-14-21)12-23(22)28(25)19-4-3-5-19/h6-12,16,19,21,27H,3-5,13-15,26H2,1-2H3. The molecule has 0 unspecified atom stereocenters. The molecule has 3 N–H and O–H groups in total. The van der Waals surface area contributed by atoms with Crippen molar-refractivity contribution in [2.24, 2.45) is 0 Å². The van der Waals surface area contributed by atoms with Crippen molar-refractivity contribution in [2.45, 2.75) is 50.5 Å². The monoisotopic (exact) mass is 485 g/mol. The van der Waals surface area contributed by atoms with Crippen molar-refractivity contribution in [2.75, 3.05) is 30.5 Å². The van der Waals surface area contributed by atoms with E-state index >= 15 is 0 Å². The summed E-state index contributed by atoms with van der Waals surface area (Å²) in [6.45, 7) is 4.62. The molecule has 2 heterocycles. The lowest BCUT2D eigenvalue weighted by Gasteiger charge is -2.30. The van der Waals surface area contributed by atoms with E-state index in [-0.39, 0.29) is 6.10 Å². The predicted octanol–water partition coefficient (Wildman–Crippen LogP) is 4.52. The number of anilines is 2. The molecule has 182 valence electrons. The number of fused-ring (bicyclic) bond motifs is 1. The molecule has 0 atom stereocenters. The molecule has 1 saturated heterocycles. The number of nitrogens with two attached hydrogens (primary N) is 1. The first-order valence-electron chi connectivity index (χ1n) is 11.7. The molecular weight excluding hydrogens is 454 g/mol. The van der Waals surface area contributed by atoms with Crippen LogP contribution in [0.2, 0.25) is 0 Å². The Labute approximate surface area is 200 Å². The van der Waals surface area contributed by atoms with Crippen molar-refractivity contribution in [1.82, 2.24) is 4.57 Å². The molecule has 3 aromatic rings. The Balaban J connectivity index is 1.52. The summed E-state index contributed by atoms with van der Waals surface area (Å²) < 4.78 is 46.2. The van der Waals surface area contributed by atoms with Crippen LogP contribution in [0.15, 0.2) is 42.5 Å². The lowest BCUT2D eigenvalue weighted by atomic mass is 9.92. The van der Waals surface area contributed by atoms with E-state index < -0.39 is 15.3 Å². The highest BCUT2D eigenvalue weighted by molar-refractivity contribution is 7.93. The van der Waals surface area contributed by atoms with Gasteiger partial charge < -0.3 is 24.5 Å². The van der Waals surface area contributed by atoms with Crippen LogP contribution in [0.5, 0.6) is 5.75 Å². The average Bonchev–Trinajstić information content (AvgIpc) is 3.05. The zero-order chi connectivity index (χ0) is 23.9. The first kappa shape index (κ1) is 23.0. The Morgan fingerprint density at radius 2 is 1.79 bits per heavy atom. The SMILES string of the molecule is CC(C)S(=O)(=O)Nc1ccc(-c2c(N)c3ccc(OC4COCOC4)cc3n2C2CCC2)cc1. The zero-order valence-corrected chi connectivity index (χ0v) is 20.3. The number of nitrogens with one attached hydrogen (secondary N) is 1. The van der Waals surface area contributed by atoms with Crippen LogP contribution in [-0.2, 0) is 19.5 Å². The van der Waals surface area contributed by atoms with E-state index in [0.717, 1.165) is 40.8 Å². The van der Waals surface area contributed by atoms with Crippen LogP contribution in [0, 0.1) is 0 Å². The van der Waals surface area contributed by atoms with Crippen LogP contribution in [0.3, 0.4) is 0 Å². The van der Waals surface area contributed by atoms with E-state index in [4.69, 9.17) is 19.9 Å². The first-order chi connectivity index (χ1) is 16.3. The van der Waals surface area contributed by atoms with E-state index in [1.165, 1.54) is 6.42 Å². The topological polar surface area (TPSA) is 105 Å². The summed E-state index contributed by atoms with van der Waals surface area (Å²) in [4.78, 5) is 0. The Bertz CT molecular complexity index is 1270. The lowest BCUT2D eigenvalue weighted by molar-refractivity contribution is -0.143. The Morgan fingerprint density at radius 1 is 1.09 bits per heavy atom. The summed E-state index contributed by atoms with van der Waals surface area (Å²) in [5.74, 6) is 0.759. The van der Waals surface area contributed by atoms with Crippen LogP contribution >= 0.6 is 0 Å². The van der Waals surface area contributed by atoms with Gasteiger partial charge >= 0.3 is 0 Å². The third kappa shape index (κ3) is 4.35. The van der Waals surface area contributed by atoms with Gasteiger partial charge in [-0.15, -0.1) is 0 Å². The number of hydrogen-bond donors (Lipinski definition) is 2. The molecule has 1 aliphatic carbocycles. The van der Waals surface area contributed by atoms with Crippen molar-refractivity contribution in [3.8, 4) is 17.0 Å². The molecular formula is C25H31N3O5S. The number of benzene rings is 2. The molecule has 1 aromatic heterocycles. The van der Waals surface area contributed by atoms with E-state index in [0.29, 0.717) is 37.4 Å². The highest BCUT2D eigenvalue weighted by Gasteiger charge is 2.27. The normalized spacial score (nSPS) is 17.7. The maximum absolute atomic E-state index is 12.2. The molecule has 0 amide bonds. The van der Waals surface area contributed by atoms with Crippen molar-refractivity contribution in [1.29, 1.82) is 0 Å². The molecule has 2 fully saturated rings. The van der Waals surface area contributed by atoms with Gasteiger partial charge in [0.05, 0.1) is 35.4 Å². The molecule has 1 saturated carbocycles. The van der Waals surface area contributed by atoms with Gasteiger partial charge in [-0.05, 0) is 57.4 Å². The van der Waals surface area contributed by atoms with Crippen LogP contribution < -0.4 is 15.2 Å². The molecule has 2 aromatic carbocycles. The van der Waals surface area contributed by atoms with E-state index in [9.17, 15) is 8.42 Å². The fourth-order valence-electron chi connectivity index (χ4n) is 4.41. The minimum absolute atomic E-state index is 0.141. The summed E-state index contributed by atoms with van der Waals surface area (Å²) in [6.07, 6.45) is 3.24. The first-order valence-corrected chi connectivity index (χ1v) is 13.3. The van der Waals surface area contributed by atoms with E-state index in [1.807, 2.05) is 30.3 Å². The van der Waals surface area contributed by atoms with Crippen molar-refractivity contribution in [3.63, 3.8) is 0 Å². The van der Waals surface area contributed by atoms with Gasteiger partial charge in [0.2, 0.25) is 10.0 Å². The lowest BCUT2D eigenvalue weighted by Crippen LogP contribution is -2.33. The van der Waals surface area contributed by atoms with Gasteiger partial charge in [-0.2, -0.15) is 0 Å². The summed E-state index contributed by atoms with van der Waals surface area (Å²) in [5.41, 5.74) is 10.9. The number of nitrogens with zero attached hydrogens (tertiary/aromatic N) is 1. The largest absolute Gasteiger partial charge is 0.486 e. The third-order valence-electron chi connectivity index (χ3n) is 6.57. The third-order valence-corrected chi connectivity index (χ3v) is 8.33. The number of aromatic nitrogens is 1. The van der Waals surface area contributed by atoms with Crippen LogP contribution in [0.1, 0.15) is 39.2 Å². The van der Waals surface area contributed by atoms with E-state index in [2.05, 4.69) is 9.29 Å². The summed E-state index contributed by atoms with van der Waals surface area (Å²) in [7, 11) is -3.40. The fourth-order valence-corrected chi connectivity index (χ4v) is 5.11. The maximum Gasteiger partial charge on any atom is 0.235 e. The average molecular weight is 486 g/mol. The summed E-state index contributed by atoms with van der Waals surface area (Å²) in [6, 6.07) is 13.8. The summed E-state index contributed by atoms with van der Waals surface area (Å²) >= 11 is 0. The highest BCUT2D eigenvalue weighted by atomic mass is 32.2. The Hall–Kier alpha value is -2.75. The number of ether oxygens (including phenoxy) is 3. The van der Waals surface area contributed by atoms with Gasteiger partial charge in [0.25, 0.3) is 0 Å². The molecule has 2 aliphatic rings. The Morgan fingerprint density at radius 3 is 2.41 bits per heavy atom. The van der Waals surface area contributed by atoms with Crippen LogP contribution in [-0.4, -0.2) is 44.3 Å². The predicted molar refractivity (Wildman–Crippen MR) is 134 cm³/mol. The quantitative estimate of drug-likeness (QED) is 0.510. The smallest absolute Gasteiger partial charge is 0.235 e. The molecule has 1 aliphatic heterocycles. The number of hydrogen-bond acceptors (Lipinski definition) is 6. The van der Waals surface area contributed by atoms with E-state index in [1.54, 1.807) is 26.0 Å². The Kier molecular flexibility index (Phi) is 6.18. The fraction of sp³-hybridized carbons (Fsp3) is 0.440. The number of nitrogen functional groups attached to an aromatic ring is 1. The second-order valence-corrected chi connectivity index (χ2v) is 11.5. The molecule has 8 nitrogen and oxygen atoms in total. The van der Waals surface area contributed by atoms with Crippen molar-refractivity contribution in [3.05, 3.63) is 42.5 Å². The second-order valence-electron chi connectivity index (χ2n) is 9.27. The second kappa shape index (κ2) is 9.13. The van der Waals surface area contributed by atoms with Gasteiger partial charge in [0.15, 0.2) is 0 Å². The van der Waals surface area contributed by atoms with Gasteiger partial charge in [-0.25, -0.2) is 8.42 Å². The molecule has 0 bridgehead atoms. The highest BCUT2D eigenvalue weighted by Crippen LogP contribution is 2.45. The zero-order valence-electron chi connectivity index (χ0n) is 19.5. The number of rotatable bonds is 7. The van der Waals surface area contributed by atoms with Gasteiger partial charge in [0, 0.05) is 28.7 Å². The molecule has 34 heavy (non-hydrogen) atoms. The molecule has 9 heteroatoms. The molecule has 5 rings (SSSR count).